The van der Waals surface area contributed by atoms with Gasteiger partial charge in [0.1, 0.15) is 0 Å². The van der Waals surface area contributed by atoms with Gasteiger partial charge in [0.05, 0.1) is 22.3 Å². The summed E-state index contributed by atoms with van der Waals surface area (Å²) in [6.07, 6.45) is 0. The fraction of sp³-hybridized carbons (Fsp3) is 0. The van der Waals surface area contributed by atoms with Crippen molar-refractivity contribution in [1.82, 2.24) is 0 Å². The Labute approximate surface area is 317 Å². The molecule has 0 unspecified atom stereocenters. The number of nitrogens with one attached hydrogen (secondary N) is 2. The van der Waals surface area contributed by atoms with Crippen molar-refractivity contribution in [2.45, 2.75) is 9.79 Å². The van der Waals surface area contributed by atoms with Crippen molar-refractivity contribution in [2.75, 3.05) is 22.1 Å². The van der Waals surface area contributed by atoms with E-state index < -0.39 is 23.9 Å². The van der Waals surface area contributed by atoms with Gasteiger partial charge in [-0.2, -0.15) is 0 Å². The highest BCUT2D eigenvalue weighted by Gasteiger charge is 2.32. The number of carbonyl (C=O) groups excluding carboxylic acids is 6. The van der Waals surface area contributed by atoms with Gasteiger partial charge in [-0.1, -0.05) is 23.9 Å². The highest BCUT2D eigenvalue weighted by molar-refractivity contribution is 7.99. The molecular formula is C42H28N4O8S. The number of rotatable bonds is 7. The SMILES string of the molecule is Nc1ccc(C(=O)Nc2ccc(Sc3ccc(NC(=O)c4ccc(N)cc4)cc3)cc2)cc1.O=C1OC(=O)c2cc(-c3ccc4c(c3)C(=O)OC4=O)ccc21. The largest absolute Gasteiger partial charge is 0.399 e. The van der Waals surface area contributed by atoms with E-state index in [9.17, 15) is 28.8 Å². The molecule has 6 N–H and O–H groups in total. The third kappa shape index (κ3) is 8.11. The van der Waals surface area contributed by atoms with Crippen LogP contribution in [0.4, 0.5) is 22.7 Å². The summed E-state index contributed by atoms with van der Waals surface area (Å²) in [5, 5.41) is 5.75. The molecule has 55 heavy (non-hydrogen) atoms. The maximum atomic E-state index is 12.3. The molecule has 2 amide bonds. The van der Waals surface area contributed by atoms with E-state index in [1.165, 1.54) is 24.3 Å². The Hall–Kier alpha value is -7.51. The Morgan fingerprint density at radius 1 is 0.436 bits per heavy atom. The number of benzene rings is 6. The van der Waals surface area contributed by atoms with Crippen molar-refractivity contribution >= 4 is 70.2 Å². The van der Waals surface area contributed by atoms with Crippen molar-refractivity contribution in [1.29, 1.82) is 0 Å². The minimum atomic E-state index is -0.697. The molecule has 0 radical (unpaired) electrons. The van der Waals surface area contributed by atoms with Gasteiger partial charge in [0.15, 0.2) is 0 Å². The molecule has 8 rings (SSSR count). The van der Waals surface area contributed by atoms with Gasteiger partial charge in [-0.05, 0) is 132 Å². The Balaban J connectivity index is 0.000000183. The fourth-order valence-electron chi connectivity index (χ4n) is 5.55. The molecule has 2 heterocycles. The molecule has 12 nitrogen and oxygen atoms in total. The summed E-state index contributed by atoms with van der Waals surface area (Å²) < 4.78 is 9.06. The number of amides is 2. The summed E-state index contributed by atoms with van der Waals surface area (Å²) in [7, 11) is 0. The lowest BCUT2D eigenvalue weighted by molar-refractivity contribution is 0.0425. The number of nitrogen functional groups attached to an aromatic ring is 2. The average molecular weight is 749 g/mol. The summed E-state index contributed by atoms with van der Waals surface area (Å²) in [5.41, 5.74) is 17.1. The highest BCUT2D eigenvalue weighted by Crippen LogP contribution is 2.31. The standard InChI is InChI=1S/C26H22N4O2S.C16H6O6/c27-19-5-1-17(2-6-19)25(31)29-21-9-13-23(14-10-21)33-24-15-11-22(12-16-24)30-26(32)18-3-7-20(28)8-4-18;17-13-9-3-1-7(5-11(9)15(19)21-13)8-2-4-10-12(6-8)16(20)22-14(10)18/h1-16H,27-28H2,(H,29,31)(H,30,32);1-6H. The van der Waals surface area contributed by atoms with Crippen LogP contribution >= 0.6 is 11.8 Å². The molecule has 0 saturated heterocycles. The Morgan fingerprint density at radius 2 is 0.782 bits per heavy atom. The highest BCUT2D eigenvalue weighted by atomic mass is 32.2. The van der Waals surface area contributed by atoms with Crippen LogP contribution in [0.2, 0.25) is 0 Å². The van der Waals surface area contributed by atoms with Crippen LogP contribution in [-0.4, -0.2) is 35.7 Å². The molecule has 0 atom stereocenters. The minimum Gasteiger partial charge on any atom is -0.399 e. The van der Waals surface area contributed by atoms with E-state index in [-0.39, 0.29) is 34.1 Å². The fourth-order valence-corrected chi connectivity index (χ4v) is 6.37. The van der Waals surface area contributed by atoms with Crippen LogP contribution in [0.15, 0.2) is 143 Å². The van der Waals surface area contributed by atoms with Crippen molar-refractivity contribution < 1.29 is 38.2 Å². The second-order valence-corrected chi connectivity index (χ2v) is 13.3. The number of hydrogen-bond donors (Lipinski definition) is 4. The topological polar surface area (TPSA) is 197 Å². The molecule has 0 spiro atoms. The quantitative estimate of drug-likeness (QED) is 0.0717. The molecule has 0 aromatic heterocycles. The van der Waals surface area contributed by atoms with Crippen LogP contribution in [0.1, 0.15) is 62.1 Å². The molecule has 0 saturated carbocycles. The lowest BCUT2D eigenvalue weighted by Crippen LogP contribution is -2.11. The summed E-state index contributed by atoms with van der Waals surface area (Å²) in [6.45, 7) is 0. The maximum absolute atomic E-state index is 12.3. The molecule has 0 fully saturated rings. The van der Waals surface area contributed by atoms with E-state index >= 15 is 0 Å². The molecular weight excluding hydrogens is 721 g/mol. The van der Waals surface area contributed by atoms with Gasteiger partial charge in [-0.25, -0.2) is 19.2 Å². The van der Waals surface area contributed by atoms with Gasteiger partial charge >= 0.3 is 23.9 Å². The van der Waals surface area contributed by atoms with Crippen LogP contribution in [0.25, 0.3) is 11.1 Å². The maximum Gasteiger partial charge on any atom is 0.346 e. The number of esters is 4. The smallest absolute Gasteiger partial charge is 0.346 e. The average Bonchev–Trinajstić information content (AvgIpc) is 3.64. The van der Waals surface area contributed by atoms with Gasteiger partial charge in [-0.15, -0.1) is 0 Å². The van der Waals surface area contributed by atoms with Crippen LogP contribution in [0, 0.1) is 0 Å². The molecule has 13 heteroatoms. The monoisotopic (exact) mass is 748 g/mol. The first-order valence-electron chi connectivity index (χ1n) is 16.5. The van der Waals surface area contributed by atoms with Gasteiger partial charge in [0.2, 0.25) is 0 Å². The number of cyclic esters (lactones) is 4. The van der Waals surface area contributed by atoms with Gasteiger partial charge < -0.3 is 31.6 Å². The first kappa shape index (κ1) is 35.9. The third-order valence-electron chi connectivity index (χ3n) is 8.43. The van der Waals surface area contributed by atoms with Crippen molar-refractivity contribution in [3.63, 3.8) is 0 Å². The first-order valence-corrected chi connectivity index (χ1v) is 17.4. The summed E-state index contributed by atoms with van der Waals surface area (Å²) >= 11 is 1.59. The van der Waals surface area contributed by atoms with E-state index in [0.29, 0.717) is 45.0 Å². The molecule has 2 aliphatic rings. The summed E-state index contributed by atoms with van der Waals surface area (Å²) in [4.78, 5) is 72.7. The Bertz CT molecular complexity index is 2340. The van der Waals surface area contributed by atoms with Crippen LogP contribution in [-0.2, 0) is 9.47 Å². The number of carbonyl (C=O) groups is 6. The Kier molecular flexibility index (Phi) is 9.93. The number of hydrogen-bond acceptors (Lipinski definition) is 11. The zero-order valence-electron chi connectivity index (χ0n) is 28.5. The van der Waals surface area contributed by atoms with Gasteiger partial charge in [-0.3, -0.25) is 9.59 Å². The summed E-state index contributed by atoms with van der Waals surface area (Å²) in [5.74, 6) is -3.11. The second-order valence-electron chi connectivity index (χ2n) is 12.2. The second kappa shape index (κ2) is 15.2. The molecule has 0 aliphatic carbocycles. The summed E-state index contributed by atoms with van der Waals surface area (Å²) in [6, 6.07) is 38.1. The molecule has 2 aliphatic heterocycles. The van der Waals surface area contributed by atoms with Crippen molar-refractivity contribution in [2.24, 2.45) is 0 Å². The van der Waals surface area contributed by atoms with E-state index in [1.807, 2.05) is 48.5 Å². The normalized spacial score (nSPS) is 12.4. The van der Waals surface area contributed by atoms with Crippen LogP contribution in [0.5, 0.6) is 0 Å². The number of nitrogens with two attached hydrogens (primary N) is 2. The van der Waals surface area contributed by atoms with E-state index in [2.05, 4.69) is 20.1 Å². The van der Waals surface area contributed by atoms with Crippen molar-refractivity contribution in [3.8, 4) is 11.1 Å². The van der Waals surface area contributed by atoms with E-state index in [1.54, 1.807) is 72.4 Å². The first-order chi connectivity index (χ1) is 26.5. The van der Waals surface area contributed by atoms with E-state index in [4.69, 9.17) is 11.5 Å². The number of anilines is 4. The van der Waals surface area contributed by atoms with Crippen LogP contribution in [0.3, 0.4) is 0 Å². The molecule has 0 bridgehead atoms. The Morgan fingerprint density at radius 3 is 1.15 bits per heavy atom. The van der Waals surface area contributed by atoms with Crippen molar-refractivity contribution in [3.05, 3.63) is 167 Å². The zero-order chi connectivity index (χ0) is 38.6. The molecule has 6 aromatic rings. The van der Waals surface area contributed by atoms with Gasteiger partial charge in [0, 0.05) is 43.7 Å². The predicted octanol–water partition coefficient (Wildman–Crippen LogP) is 7.48. The lowest BCUT2D eigenvalue weighted by atomic mass is 9.97. The number of fused-ring (bicyclic) bond motifs is 2. The lowest BCUT2D eigenvalue weighted by Gasteiger charge is -2.08. The third-order valence-corrected chi connectivity index (χ3v) is 9.44. The van der Waals surface area contributed by atoms with E-state index in [0.717, 1.165) is 9.79 Å². The molecule has 6 aromatic carbocycles. The van der Waals surface area contributed by atoms with Gasteiger partial charge in [0.25, 0.3) is 11.8 Å². The number of ether oxygens (including phenoxy) is 2. The minimum absolute atomic E-state index is 0.182. The van der Waals surface area contributed by atoms with Crippen LogP contribution < -0.4 is 22.1 Å². The predicted molar refractivity (Wildman–Crippen MR) is 206 cm³/mol. The molecule has 270 valence electrons. The zero-order valence-corrected chi connectivity index (χ0v) is 29.3.